The van der Waals surface area contributed by atoms with Crippen LogP contribution in [-0.2, 0) is 20.0 Å². The van der Waals surface area contributed by atoms with Gasteiger partial charge in [0.05, 0.1) is 16.1 Å². The molecule has 0 saturated carbocycles. The van der Waals surface area contributed by atoms with Crippen molar-refractivity contribution in [3.05, 3.63) is 58.1 Å². The number of benzene rings is 1. The lowest BCUT2D eigenvalue weighted by Gasteiger charge is -2.09. The number of hydrogen-bond acceptors (Lipinski definition) is 4. The highest BCUT2D eigenvalue weighted by Crippen LogP contribution is 2.31. The molecule has 2 heterocycles. The van der Waals surface area contributed by atoms with Gasteiger partial charge in [-0.3, -0.25) is 4.79 Å². The Morgan fingerprint density at radius 2 is 1.96 bits per heavy atom. The van der Waals surface area contributed by atoms with Gasteiger partial charge in [0.1, 0.15) is 0 Å². The Morgan fingerprint density at radius 3 is 2.63 bits per heavy atom. The first-order chi connectivity index (χ1) is 13.0. The van der Waals surface area contributed by atoms with Gasteiger partial charge in [-0.2, -0.15) is 5.10 Å². The molecule has 0 aliphatic rings. The Hall–Kier alpha value is -2.05. The Labute approximate surface area is 164 Å². The lowest BCUT2D eigenvalue weighted by molar-refractivity contribution is 0.296. The van der Waals surface area contributed by atoms with E-state index in [0.717, 1.165) is 33.7 Å². The second-order valence-electron chi connectivity index (χ2n) is 7.24. The number of nitrogens with zero attached hydrogens (tertiary/aromatic N) is 3. The van der Waals surface area contributed by atoms with Gasteiger partial charge < -0.3 is 9.67 Å². The standard InChI is InChI=1S/C21H27N3O2S/c1-15(2)12-18-17-14-24(13-16-8-5-4-6-9-16)21(27-11-7-10-25)19(17)20(26)23(3)22-18/h4-6,8-9,14-15,25H,7,10-13H2,1-3H3. The number of rotatable bonds is 8. The van der Waals surface area contributed by atoms with Crippen molar-refractivity contribution in [1.82, 2.24) is 14.3 Å². The number of aryl methyl sites for hydroxylation is 1. The fourth-order valence-corrected chi connectivity index (χ4v) is 4.32. The van der Waals surface area contributed by atoms with Crippen LogP contribution in [0.1, 0.15) is 31.5 Å². The molecule has 0 radical (unpaired) electrons. The Bertz CT molecular complexity index is 961. The Kier molecular flexibility index (Phi) is 6.39. The highest BCUT2D eigenvalue weighted by atomic mass is 32.2. The highest BCUT2D eigenvalue weighted by Gasteiger charge is 2.19. The molecule has 0 bridgehead atoms. The summed E-state index contributed by atoms with van der Waals surface area (Å²) >= 11 is 1.64. The molecule has 6 heteroatoms. The molecule has 1 aromatic carbocycles. The number of hydrogen-bond donors (Lipinski definition) is 1. The number of aliphatic hydroxyl groups excluding tert-OH is 1. The first kappa shape index (κ1) is 19.7. The van der Waals surface area contributed by atoms with E-state index in [1.807, 2.05) is 18.2 Å². The molecule has 0 fully saturated rings. The maximum absolute atomic E-state index is 12.9. The van der Waals surface area contributed by atoms with Gasteiger partial charge in [0, 0.05) is 37.5 Å². The summed E-state index contributed by atoms with van der Waals surface area (Å²) in [5.74, 6) is 1.23. The summed E-state index contributed by atoms with van der Waals surface area (Å²) in [6.07, 6.45) is 3.61. The maximum Gasteiger partial charge on any atom is 0.277 e. The molecule has 2 aromatic heterocycles. The second-order valence-corrected chi connectivity index (χ2v) is 8.32. The molecular formula is C21H27N3O2S. The summed E-state index contributed by atoms with van der Waals surface area (Å²) < 4.78 is 3.62. The van der Waals surface area contributed by atoms with E-state index >= 15 is 0 Å². The molecular weight excluding hydrogens is 358 g/mol. The molecule has 0 spiro atoms. The summed E-state index contributed by atoms with van der Waals surface area (Å²) in [4.78, 5) is 12.9. The van der Waals surface area contributed by atoms with Crippen LogP contribution in [0.5, 0.6) is 0 Å². The normalized spacial score (nSPS) is 11.6. The number of aromatic nitrogens is 3. The van der Waals surface area contributed by atoms with Gasteiger partial charge in [-0.25, -0.2) is 4.68 Å². The molecule has 0 amide bonds. The molecule has 0 aliphatic heterocycles. The molecule has 3 rings (SSSR count). The lowest BCUT2D eigenvalue weighted by atomic mass is 10.1. The summed E-state index contributed by atoms with van der Waals surface area (Å²) in [5, 5.41) is 16.4. The number of thioether (sulfide) groups is 1. The average molecular weight is 386 g/mol. The van der Waals surface area contributed by atoms with Gasteiger partial charge in [0.25, 0.3) is 5.56 Å². The van der Waals surface area contributed by atoms with Gasteiger partial charge in [-0.1, -0.05) is 44.2 Å². The van der Waals surface area contributed by atoms with E-state index < -0.39 is 0 Å². The summed E-state index contributed by atoms with van der Waals surface area (Å²) in [7, 11) is 1.72. The van der Waals surface area contributed by atoms with Gasteiger partial charge in [-0.05, 0) is 24.3 Å². The molecule has 3 aromatic rings. The monoisotopic (exact) mass is 385 g/mol. The van der Waals surface area contributed by atoms with Crippen molar-refractivity contribution in [3.8, 4) is 0 Å². The third-order valence-corrected chi connectivity index (χ3v) is 5.66. The highest BCUT2D eigenvalue weighted by molar-refractivity contribution is 7.99. The smallest absolute Gasteiger partial charge is 0.277 e. The molecule has 0 unspecified atom stereocenters. The van der Waals surface area contributed by atoms with Crippen LogP contribution >= 0.6 is 11.8 Å². The fraction of sp³-hybridized carbons (Fsp3) is 0.429. The summed E-state index contributed by atoms with van der Waals surface area (Å²) in [5.41, 5.74) is 2.10. The molecule has 144 valence electrons. The molecule has 5 nitrogen and oxygen atoms in total. The van der Waals surface area contributed by atoms with Crippen LogP contribution in [-0.4, -0.2) is 31.8 Å². The molecule has 27 heavy (non-hydrogen) atoms. The summed E-state index contributed by atoms with van der Waals surface area (Å²) in [6.45, 7) is 5.19. The van der Waals surface area contributed by atoms with Crippen LogP contribution < -0.4 is 5.56 Å². The van der Waals surface area contributed by atoms with E-state index in [-0.39, 0.29) is 12.2 Å². The van der Waals surface area contributed by atoms with E-state index in [2.05, 4.69) is 41.8 Å². The van der Waals surface area contributed by atoms with Crippen LogP contribution in [0.4, 0.5) is 0 Å². The van der Waals surface area contributed by atoms with Crippen molar-refractivity contribution in [2.45, 2.75) is 38.3 Å². The van der Waals surface area contributed by atoms with Gasteiger partial charge in [-0.15, -0.1) is 11.8 Å². The van der Waals surface area contributed by atoms with Crippen molar-refractivity contribution >= 4 is 22.5 Å². The minimum absolute atomic E-state index is 0.0594. The number of fused-ring (bicyclic) bond motifs is 1. The minimum atomic E-state index is -0.0594. The summed E-state index contributed by atoms with van der Waals surface area (Å²) in [6, 6.07) is 10.3. The first-order valence-electron chi connectivity index (χ1n) is 9.38. The first-order valence-corrected chi connectivity index (χ1v) is 10.4. The van der Waals surface area contributed by atoms with E-state index in [4.69, 9.17) is 5.11 Å². The zero-order valence-corrected chi connectivity index (χ0v) is 17.0. The van der Waals surface area contributed by atoms with Crippen molar-refractivity contribution in [1.29, 1.82) is 0 Å². The quantitative estimate of drug-likeness (QED) is 0.477. The maximum atomic E-state index is 12.9. The topological polar surface area (TPSA) is 60.1 Å². The van der Waals surface area contributed by atoms with Crippen molar-refractivity contribution in [2.75, 3.05) is 12.4 Å². The van der Waals surface area contributed by atoms with Crippen LogP contribution in [0.2, 0.25) is 0 Å². The Balaban J connectivity index is 2.15. The minimum Gasteiger partial charge on any atom is -0.396 e. The average Bonchev–Trinajstić information content (AvgIpc) is 2.99. The third kappa shape index (κ3) is 4.45. The Morgan fingerprint density at radius 1 is 1.22 bits per heavy atom. The van der Waals surface area contributed by atoms with Crippen LogP contribution in [0.25, 0.3) is 10.8 Å². The van der Waals surface area contributed by atoms with Crippen molar-refractivity contribution in [2.24, 2.45) is 13.0 Å². The van der Waals surface area contributed by atoms with E-state index in [1.54, 1.807) is 18.8 Å². The van der Waals surface area contributed by atoms with Gasteiger partial charge in [0.2, 0.25) is 0 Å². The molecule has 0 saturated heterocycles. The zero-order chi connectivity index (χ0) is 19.4. The van der Waals surface area contributed by atoms with E-state index in [9.17, 15) is 4.79 Å². The van der Waals surface area contributed by atoms with Crippen LogP contribution in [0.15, 0.2) is 46.3 Å². The number of aliphatic hydroxyl groups is 1. The lowest BCUT2D eigenvalue weighted by Crippen LogP contribution is -2.22. The fourth-order valence-electron chi connectivity index (χ4n) is 3.23. The second kappa shape index (κ2) is 8.76. The van der Waals surface area contributed by atoms with E-state index in [1.165, 1.54) is 10.2 Å². The molecule has 0 atom stereocenters. The predicted octanol–water partition coefficient (Wildman–Crippen LogP) is 3.46. The van der Waals surface area contributed by atoms with Gasteiger partial charge in [0.15, 0.2) is 0 Å². The third-order valence-electron chi connectivity index (χ3n) is 4.46. The SMILES string of the molecule is CC(C)Cc1nn(C)c(=O)c2c(SCCCO)n(Cc3ccccc3)cc12. The van der Waals surface area contributed by atoms with Crippen molar-refractivity contribution < 1.29 is 5.11 Å². The molecule has 0 aliphatic carbocycles. The zero-order valence-electron chi connectivity index (χ0n) is 16.2. The predicted molar refractivity (Wildman–Crippen MR) is 111 cm³/mol. The van der Waals surface area contributed by atoms with E-state index in [0.29, 0.717) is 18.9 Å². The van der Waals surface area contributed by atoms with Gasteiger partial charge >= 0.3 is 0 Å². The van der Waals surface area contributed by atoms with Crippen LogP contribution in [0, 0.1) is 5.92 Å². The van der Waals surface area contributed by atoms with Crippen LogP contribution in [0.3, 0.4) is 0 Å². The molecule has 1 N–H and O–H groups in total. The van der Waals surface area contributed by atoms with Crippen molar-refractivity contribution in [3.63, 3.8) is 0 Å². The largest absolute Gasteiger partial charge is 0.396 e.